The highest BCUT2D eigenvalue weighted by molar-refractivity contribution is 7.89. The van der Waals surface area contributed by atoms with E-state index in [1.54, 1.807) is 0 Å². The van der Waals surface area contributed by atoms with Crippen LogP contribution in [0.5, 0.6) is 0 Å². The Labute approximate surface area is 125 Å². The van der Waals surface area contributed by atoms with Crippen molar-refractivity contribution in [1.29, 1.82) is 0 Å². The van der Waals surface area contributed by atoms with Crippen molar-refractivity contribution in [3.05, 3.63) is 29.6 Å². The Kier molecular flexibility index (Phi) is 4.67. The summed E-state index contributed by atoms with van der Waals surface area (Å²) in [5, 5.41) is 0. The number of halogens is 1. The summed E-state index contributed by atoms with van der Waals surface area (Å²) >= 11 is 0. The van der Waals surface area contributed by atoms with Gasteiger partial charge in [0.2, 0.25) is 10.0 Å². The normalized spacial score (nSPS) is 16.7. The van der Waals surface area contributed by atoms with Gasteiger partial charge in [-0.1, -0.05) is 18.8 Å². The fourth-order valence-electron chi connectivity index (χ4n) is 2.42. The van der Waals surface area contributed by atoms with Gasteiger partial charge in [0, 0.05) is 11.1 Å². The van der Waals surface area contributed by atoms with E-state index in [-0.39, 0.29) is 11.4 Å². The second kappa shape index (κ2) is 6.14. The van der Waals surface area contributed by atoms with E-state index in [1.807, 2.05) is 6.92 Å². The summed E-state index contributed by atoms with van der Waals surface area (Å²) in [5.41, 5.74) is 5.24. The molecule has 3 N–H and O–H groups in total. The first-order valence-corrected chi connectivity index (χ1v) is 8.43. The molecule has 0 aliphatic heterocycles. The fraction of sp³-hybridized carbons (Fsp3) is 0.467. The quantitative estimate of drug-likeness (QED) is 0.832. The van der Waals surface area contributed by atoms with Crippen LogP contribution in [-0.2, 0) is 10.0 Å². The van der Waals surface area contributed by atoms with E-state index in [1.165, 1.54) is 12.1 Å². The molecule has 0 radical (unpaired) electrons. The van der Waals surface area contributed by atoms with Crippen LogP contribution in [0.15, 0.2) is 23.1 Å². The molecule has 21 heavy (non-hydrogen) atoms. The summed E-state index contributed by atoms with van der Waals surface area (Å²) in [4.78, 5) is -0.333. The molecule has 6 heteroatoms. The molecule has 1 aliphatic rings. The molecule has 1 aromatic rings. The summed E-state index contributed by atoms with van der Waals surface area (Å²) in [6, 6.07) is 3.86. The maximum Gasteiger partial charge on any atom is 0.243 e. The number of rotatable bonds is 4. The van der Waals surface area contributed by atoms with Gasteiger partial charge in [-0.25, -0.2) is 17.5 Å². The van der Waals surface area contributed by atoms with Crippen molar-refractivity contribution in [2.75, 3.05) is 6.54 Å². The van der Waals surface area contributed by atoms with Gasteiger partial charge in [0.25, 0.3) is 0 Å². The van der Waals surface area contributed by atoms with Crippen molar-refractivity contribution in [3.8, 4) is 11.8 Å². The molecule has 2 rings (SSSR count). The maximum atomic E-state index is 14.1. The van der Waals surface area contributed by atoms with E-state index in [4.69, 9.17) is 5.73 Å². The molecule has 0 bridgehead atoms. The van der Waals surface area contributed by atoms with Crippen molar-refractivity contribution < 1.29 is 12.8 Å². The lowest BCUT2D eigenvalue weighted by molar-refractivity contribution is 0.213. The van der Waals surface area contributed by atoms with E-state index in [2.05, 4.69) is 16.6 Å². The highest BCUT2D eigenvalue weighted by Crippen LogP contribution is 2.36. The zero-order valence-corrected chi connectivity index (χ0v) is 12.8. The minimum atomic E-state index is -3.86. The second-order valence-electron chi connectivity index (χ2n) is 5.24. The SMILES string of the molecule is CCC1(NS(=O)(=O)c2ccc(C#CCN)cc2F)CCC1. The van der Waals surface area contributed by atoms with Gasteiger partial charge < -0.3 is 5.73 Å². The molecule has 1 aliphatic carbocycles. The average molecular weight is 310 g/mol. The largest absolute Gasteiger partial charge is 0.320 e. The Bertz CT molecular complexity index is 680. The van der Waals surface area contributed by atoms with Crippen molar-refractivity contribution in [1.82, 2.24) is 4.72 Å². The van der Waals surface area contributed by atoms with Gasteiger partial charge in [-0.05, 0) is 43.9 Å². The van der Waals surface area contributed by atoms with Crippen molar-refractivity contribution >= 4 is 10.0 Å². The van der Waals surface area contributed by atoms with Gasteiger partial charge in [0.05, 0.1) is 6.54 Å². The monoisotopic (exact) mass is 310 g/mol. The van der Waals surface area contributed by atoms with Crippen LogP contribution >= 0.6 is 0 Å². The Morgan fingerprint density at radius 2 is 2.14 bits per heavy atom. The van der Waals surface area contributed by atoms with Crippen LogP contribution in [0.3, 0.4) is 0 Å². The molecule has 1 fully saturated rings. The number of sulfonamides is 1. The first kappa shape index (κ1) is 16.0. The zero-order valence-electron chi connectivity index (χ0n) is 11.9. The molecular formula is C15H19FN2O2S. The lowest BCUT2D eigenvalue weighted by Crippen LogP contribution is -2.52. The number of nitrogens with one attached hydrogen (secondary N) is 1. The number of nitrogens with two attached hydrogens (primary N) is 1. The van der Waals surface area contributed by atoms with Crippen LogP contribution in [-0.4, -0.2) is 20.5 Å². The molecule has 0 spiro atoms. The first-order valence-electron chi connectivity index (χ1n) is 6.95. The Morgan fingerprint density at radius 1 is 1.43 bits per heavy atom. The van der Waals surface area contributed by atoms with Gasteiger partial charge in [-0.3, -0.25) is 0 Å². The average Bonchev–Trinajstić information content (AvgIpc) is 2.40. The molecule has 0 atom stereocenters. The van der Waals surface area contributed by atoms with Crippen molar-refractivity contribution in [3.63, 3.8) is 0 Å². The van der Waals surface area contributed by atoms with E-state index in [0.29, 0.717) is 12.0 Å². The highest BCUT2D eigenvalue weighted by Gasteiger charge is 2.39. The lowest BCUT2D eigenvalue weighted by Gasteiger charge is -2.41. The topological polar surface area (TPSA) is 72.2 Å². The van der Waals surface area contributed by atoms with Gasteiger partial charge in [0.15, 0.2) is 0 Å². The van der Waals surface area contributed by atoms with Gasteiger partial charge in [0.1, 0.15) is 10.7 Å². The third-order valence-corrected chi connectivity index (χ3v) is 5.51. The van der Waals surface area contributed by atoms with Crippen LogP contribution in [0.1, 0.15) is 38.2 Å². The van der Waals surface area contributed by atoms with E-state index in [9.17, 15) is 12.8 Å². The van der Waals surface area contributed by atoms with Crippen molar-refractivity contribution in [2.45, 2.75) is 43.0 Å². The molecule has 114 valence electrons. The summed E-state index contributed by atoms with van der Waals surface area (Å²) in [6.45, 7) is 2.10. The summed E-state index contributed by atoms with van der Waals surface area (Å²) in [6.07, 6.45) is 3.29. The summed E-state index contributed by atoms with van der Waals surface area (Å²) < 4.78 is 41.4. The van der Waals surface area contributed by atoms with Crippen LogP contribution in [0.25, 0.3) is 0 Å². The zero-order chi connectivity index (χ0) is 15.5. The standard InChI is InChI=1S/C15H19FN2O2S/c1-2-15(8-4-9-15)18-21(19,20)14-7-6-12(5-3-10-17)11-13(14)16/h6-7,11,18H,2,4,8-10,17H2,1H3. The van der Waals surface area contributed by atoms with E-state index < -0.39 is 21.4 Å². The molecule has 0 heterocycles. The molecule has 0 amide bonds. The molecule has 0 aromatic heterocycles. The van der Waals surface area contributed by atoms with Crippen LogP contribution in [0.2, 0.25) is 0 Å². The maximum absolute atomic E-state index is 14.1. The predicted molar refractivity (Wildman–Crippen MR) is 79.5 cm³/mol. The molecule has 0 saturated heterocycles. The van der Waals surface area contributed by atoms with E-state index in [0.717, 1.165) is 25.3 Å². The first-order chi connectivity index (χ1) is 9.92. The van der Waals surface area contributed by atoms with Gasteiger partial charge in [-0.15, -0.1) is 0 Å². The third kappa shape index (κ3) is 3.43. The van der Waals surface area contributed by atoms with Crippen molar-refractivity contribution in [2.24, 2.45) is 5.73 Å². The van der Waals surface area contributed by atoms with E-state index >= 15 is 0 Å². The Morgan fingerprint density at radius 3 is 2.62 bits per heavy atom. The van der Waals surface area contributed by atoms with Crippen LogP contribution in [0.4, 0.5) is 4.39 Å². The Hall–Kier alpha value is -1.42. The fourth-order valence-corrected chi connectivity index (χ4v) is 4.01. The molecular weight excluding hydrogens is 291 g/mol. The molecule has 0 unspecified atom stereocenters. The number of benzene rings is 1. The third-order valence-electron chi connectivity index (χ3n) is 3.89. The Balaban J connectivity index is 2.28. The molecule has 1 saturated carbocycles. The minimum Gasteiger partial charge on any atom is -0.320 e. The van der Waals surface area contributed by atoms with Crippen LogP contribution < -0.4 is 10.5 Å². The van der Waals surface area contributed by atoms with Gasteiger partial charge in [-0.2, -0.15) is 0 Å². The smallest absolute Gasteiger partial charge is 0.243 e. The highest BCUT2D eigenvalue weighted by atomic mass is 32.2. The summed E-state index contributed by atoms with van der Waals surface area (Å²) in [5.74, 6) is 4.48. The lowest BCUT2D eigenvalue weighted by atomic mass is 9.76. The number of hydrogen-bond donors (Lipinski definition) is 2. The second-order valence-corrected chi connectivity index (χ2v) is 6.89. The van der Waals surface area contributed by atoms with Gasteiger partial charge >= 0.3 is 0 Å². The minimum absolute atomic E-state index is 0.169. The predicted octanol–water partition coefficient (Wildman–Crippen LogP) is 1.75. The number of hydrogen-bond acceptors (Lipinski definition) is 3. The van der Waals surface area contributed by atoms with Crippen LogP contribution in [0, 0.1) is 17.7 Å². The molecule has 1 aromatic carbocycles. The summed E-state index contributed by atoms with van der Waals surface area (Å²) in [7, 11) is -3.86. The molecule has 4 nitrogen and oxygen atoms in total.